The van der Waals surface area contributed by atoms with Crippen molar-refractivity contribution in [3.8, 4) is 0 Å². The highest BCUT2D eigenvalue weighted by atomic mass is 16.6. The van der Waals surface area contributed by atoms with Gasteiger partial charge in [-0.2, -0.15) is 0 Å². The number of alkyl carbamates (subject to hydrolysis) is 1. The number of nitrogens with one attached hydrogen (secondary N) is 1. The third-order valence-electron chi connectivity index (χ3n) is 3.34. The molecule has 0 spiro atoms. The quantitative estimate of drug-likeness (QED) is 0.899. The number of ether oxygens (including phenoxy) is 1. The van der Waals surface area contributed by atoms with Crippen molar-refractivity contribution in [1.29, 1.82) is 0 Å². The molecule has 2 N–H and O–H groups in total. The largest absolute Gasteiger partial charge is 0.480 e. The Hall–Kier alpha value is -2.63. The van der Waals surface area contributed by atoms with Crippen molar-refractivity contribution in [3.05, 3.63) is 41.6 Å². The van der Waals surface area contributed by atoms with Gasteiger partial charge in [-0.3, -0.25) is 4.98 Å². The van der Waals surface area contributed by atoms with Gasteiger partial charge < -0.3 is 15.2 Å². The summed E-state index contributed by atoms with van der Waals surface area (Å²) in [5.41, 5.74) is 1.73. The molecule has 6 heteroatoms. The molecule has 0 aliphatic carbocycles. The molecule has 6 nitrogen and oxygen atoms in total. The molecular weight excluding hydrogens is 308 g/mol. The maximum atomic E-state index is 11.9. The van der Waals surface area contributed by atoms with Gasteiger partial charge in [0.1, 0.15) is 11.6 Å². The molecule has 24 heavy (non-hydrogen) atoms. The predicted octanol–water partition coefficient (Wildman–Crippen LogP) is 3.06. The molecule has 0 saturated carbocycles. The Bertz CT molecular complexity index is 765. The first-order valence-corrected chi connectivity index (χ1v) is 7.73. The van der Waals surface area contributed by atoms with E-state index in [1.54, 1.807) is 20.8 Å². The van der Waals surface area contributed by atoms with Gasteiger partial charge in [0, 0.05) is 17.5 Å². The number of fused-ring (bicyclic) bond motifs is 1. The molecule has 1 aromatic heterocycles. The number of aromatic nitrogens is 1. The van der Waals surface area contributed by atoms with Crippen molar-refractivity contribution < 1.29 is 19.4 Å². The highest BCUT2D eigenvalue weighted by Gasteiger charge is 2.25. The number of hydrogen-bond acceptors (Lipinski definition) is 4. The molecule has 0 radical (unpaired) electrons. The molecule has 0 aliphatic rings. The first kappa shape index (κ1) is 17.7. The Morgan fingerprint density at radius 1 is 1.29 bits per heavy atom. The molecule has 1 atom stereocenters. The minimum Gasteiger partial charge on any atom is -0.480 e. The number of carbonyl (C=O) groups excluding carboxylic acids is 1. The molecule has 0 saturated heterocycles. The zero-order valence-corrected chi connectivity index (χ0v) is 14.3. The van der Waals surface area contributed by atoms with Gasteiger partial charge in [-0.05, 0) is 45.4 Å². The SMILES string of the molecule is Cc1cc(C[C@H](NC(=O)OC(C)(C)C)C(=O)O)c2ccccc2n1. The monoisotopic (exact) mass is 330 g/mol. The normalized spacial score (nSPS) is 12.7. The Balaban J connectivity index is 2.25. The van der Waals surface area contributed by atoms with E-state index in [1.165, 1.54) is 0 Å². The lowest BCUT2D eigenvalue weighted by atomic mass is 10.0. The highest BCUT2D eigenvalue weighted by molar-refractivity contribution is 5.85. The maximum Gasteiger partial charge on any atom is 0.408 e. The van der Waals surface area contributed by atoms with Crippen LogP contribution in [0.3, 0.4) is 0 Å². The molecule has 128 valence electrons. The van der Waals surface area contributed by atoms with Crippen molar-refractivity contribution in [2.45, 2.75) is 45.8 Å². The molecule has 1 heterocycles. The molecule has 0 unspecified atom stereocenters. The fraction of sp³-hybridized carbons (Fsp3) is 0.389. The van der Waals surface area contributed by atoms with E-state index in [9.17, 15) is 14.7 Å². The van der Waals surface area contributed by atoms with Crippen LogP contribution in [-0.4, -0.2) is 33.8 Å². The zero-order valence-electron chi connectivity index (χ0n) is 14.3. The summed E-state index contributed by atoms with van der Waals surface area (Å²) >= 11 is 0. The number of aliphatic carboxylic acids is 1. The molecule has 0 fully saturated rings. The van der Waals surface area contributed by atoms with E-state index in [4.69, 9.17) is 4.74 Å². The molecule has 1 amide bonds. The number of carboxylic acids is 1. The number of nitrogens with zero attached hydrogens (tertiary/aromatic N) is 1. The second kappa shape index (κ2) is 6.86. The molecule has 2 rings (SSSR count). The van der Waals surface area contributed by atoms with Crippen LogP contribution in [0.2, 0.25) is 0 Å². The molecular formula is C18H22N2O4. The van der Waals surface area contributed by atoms with Crippen LogP contribution in [0.25, 0.3) is 10.9 Å². The number of aryl methyl sites for hydroxylation is 1. The third-order valence-corrected chi connectivity index (χ3v) is 3.34. The summed E-state index contributed by atoms with van der Waals surface area (Å²) in [6.45, 7) is 7.03. The molecule has 1 aromatic carbocycles. The highest BCUT2D eigenvalue weighted by Crippen LogP contribution is 2.20. The number of rotatable bonds is 4. The summed E-state index contributed by atoms with van der Waals surface area (Å²) in [4.78, 5) is 27.9. The van der Waals surface area contributed by atoms with Crippen LogP contribution in [-0.2, 0) is 16.0 Å². The number of hydrogen-bond donors (Lipinski definition) is 2. The summed E-state index contributed by atoms with van der Waals surface area (Å²) in [7, 11) is 0. The van der Waals surface area contributed by atoms with E-state index in [-0.39, 0.29) is 6.42 Å². The lowest BCUT2D eigenvalue weighted by molar-refractivity contribution is -0.139. The second-order valence-corrected chi connectivity index (χ2v) is 6.68. The molecule has 0 aliphatic heterocycles. The number of para-hydroxylation sites is 1. The summed E-state index contributed by atoms with van der Waals surface area (Å²) < 4.78 is 5.14. The molecule has 0 bridgehead atoms. The summed E-state index contributed by atoms with van der Waals surface area (Å²) in [6.07, 6.45) is -0.594. The summed E-state index contributed by atoms with van der Waals surface area (Å²) in [6, 6.07) is 8.29. The first-order valence-electron chi connectivity index (χ1n) is 7.73. The average molecular weight is 330 g/mol. The van der Waals surface area contributed by atoms with Crippen LogP contribution >= 0.6 is 0 Å². The summed E-state index contributed by atoms with van der Waals surface area (Å²) in [5, 5.41) is 12.7. The number of benzene rings is 1. The molecule has 2 aromatic rings. The van der Waals surface area contributed by atoms with Gasteiger partial charge in [0.2, 0.25) is 0 Å². The van der Waals surface area contributed by atoms with E-state index in [2.05, 4.69) is 10.3 Å². The minimum atomic E-state index is -1.11. The lowest BCUT2D eigenvalue weighted by Gasteiger charge is -2.22. The Kier molecular flexibility index (Phi) is 5.07. The van der Waals surface area contributed by atoms with Crippen LogP contribution in [0.5, 0.6) is 0 Å². The Morgan fingerprint density at radius 3 is 2.58 bits per heavy atom. The van der Waals surface area contributed by atoms with Gasteiger partial charge >= 0.3 is 12.1 Å². The third kappa shape index (κ3) is 4.68. The lowest BCUT2D eigenvalue weighted by Crippen LogP contribution is -2.44. The minimum absolute atomic E-state index is 0.151. The fourth-order valence-electron chi connectivity index (χ4n) is 2.43. The maximum absolute atomic E-state index is 11.9. The van der Waals surface area contributed by atoms with Crippen LogP contribution < -0.4 is 5.32 Å². The smallest absolute Gasteiger partial charge is 0.408 e. The van der Waals surface area contributed by atoms with Crippen molar-refractivity contribution in [2.75, 3.05) is 0 Å². The number of carbonyl (C=O) groups is 2. The van der Waals surface area contributed by atoms with Gasteiger partial charge in [-0.1, -0.05) is 18.2 Å². The topological polar surface area (TPSA) is 88.5 Å². The number of carboxylic acid groups (broad SMARTS) is 1. The fourth-order valence-corrected chi connectivity index (χ4v) is 2.43. The van der Waals surface area contributed by atoms with Crippen molar-refractivity contribution in [2.24, 2.45) is 0 Å². The first-order chi connectivity index (χ1) is 11.2. The van der Waals surface area contributed by atoms with E-state index in [1.807, 2.05) is 37.3 Å². The zero-order chi connectivity index (χ0) is 17.9. The van der Waals surface area contributed by atoms with Crippen molar-refractivity contribution >= 4 is 23.0 Å². The van der Waals surface area contributed by atoms with E-state index in [0.717, 1.165) is 22.2 Å². The van der Waals surface area contributed by atoms with Crippen LogP contribution in [0.15, 0.2) is 30.3 Å². The van der Waals surface area contributed by atoms with E-state index >= 15 is 0 Å². The van der Waals surface area contributed by atoms with Crippen molar-refractivity contribution in [1.82, 2.24) is 10.3 Å². The van der Waals surface area contributed by atoms with E-state index in [0.29, 0.717) is 0 Å². The Labute approximate surface area is 140 Å². The predicted molar refractivity (Wildman–Crippen MR) is 91.0 cm³/mol. The van der Waals surface area contributed by atoms with Gasteiger partial charge in [-0.25, -0.2) is 9.59 Å². The van der Waals surface area contributed by atoms with Gasteiger partial charge in [0.25, 0.3) is 0 Å². The number of amides is 1. The number of pyridine rings is 1. The van der Waals surface area contributed by atoms with Crippen LogP contribution in [0.1, 0.15) is 32.0 Å². The van der Waals surface area contributed by atoms with Crippen molar-refractivity contribution in [3.63, 3.8) is 0 Å². The summed E-state index contributed by atoms with van der Waals surface area (Å²) in [5.74, 6) is -1.11. The van der Waals surface area contributed by atoms with Gasteiger partial charge in [0.05, 0.1) is 5.52 Å². The standard InChI is InChI=1S/C18H22N2O4/c1-11-9-12(13-7-5-6-8-14(13)19-11)10-15(16(21)22)20-17(23)24-18(2,3)4/h5-9,15H,10H2,1-4H3,(H,20,23)(H,21,22)/t15-/m0/s1. The van der Waals surface area contributed by atoms with Crippen LogP contribution in [0.4, 0.5) is 4.79 Å². The Morgan fingerprint density at radius 2 is 1.96 bits per heavy atom. The second-order valence-electron chi connectivity index (χ2n) is 6.68. The van der Waals surface area contributed by atoms with Gasteiger partial charge in [-0.15, -0.1) is 0 Å². The van der Waals surface area contributed by atoms with Gasteiger partial charge in [0.15, 0.2) is 0 Å². The van der Waals surface area contributed by atoms with E-state index < -0.39 is 23.7 Å². The van der Waals surface area contributed by atoms with Crippen LogP contribution in [0, 0.1) is 6.92 Å². The average Bonchev–Trinajstić information content (AvgIpc) is 2.44.